The Morgan fingerprint density at radius 1 is 1.26 bits per heavy atom. The van der Waals surface area contributed by atoms with E-state index < -0.39 is 0 Å². The first-order chi connectivity index (χ1) is 12.2. The molecule has 0 aliphatic carbocycles. The average Bonchev–Trinajstić information content (AvgIpc) is 3.34. The molecule has 1 aromatic carbocycles. The van der Waals surface area contributed by atoms with Crippen LogP contribution in [0.3, 0.4) is 0 Å². The van der Waals surface area contributed by atoms with Gasteiger partial charge in [-0.25, -0.2) is 4.98 Å². The summed E-state index contributed by atoms with van der Waals surface area (Å²) in [6.07, 6.45) is 0.228. The summed E-state index contributed by atoms with van der Waals surface area (Å²) < 4.78 is 5.68. The van der Waals surface area contributed by atoms with Crippen molar-refractivity contribution in [2.24, 2.45) is 0 Å². The van der Waals surface area contributed by atoms with E-state index in [2.05, 4.69) is 33.8 Å². The highest BCUT2D eigenvalue weighted by Gasteiger charge is 2.15. The molecule has 0 unspecified atom stereocenters. The Balaban J connectivity index is 0.00000131. The molecule has 1 aliphatic heterocycles. The highest BCUT2D eigenvalue weighted by atomic mass is 35.5. The number of aryl methyl sites for hydroxylation is 1. The minimum atomic E-state index is -0.0492. The number of carbonyl (C=O) groups excluding carboxylic acids is 1. The number of rotatable bonds is 5. The fourth-order valence-electron chi connectivity index (χ4n) is 2.97. The quantitative estimate of drug-likeness (QED) is 0.647. The van der Waals surface area contributed by atoms with Gasteiger partial charge in [-0.15, -0.1) is 24.8 Å². The molecule has 0 fully saturated rings. The molecule has 144 valence electrons. The minimum absolute atomic E-state index is 0. The Morgan fingerprint density at radius 2 is 2.07 bits per heavy atom. The first-order valence-corrected chi connectivity index (χ1v) is 9.20. The number of halogens is 2. The minimum Gasteiger partial charge on any atom is -0.441 e. The lowest BCUT2D eigenvalue weighted by molar-refractivity contribution is -0.120. The van der Waals surface area contributed by atoms with Crippen molar-refractivity contribution in [1.82, 2.24) is 15.6 Å². The third-order valence-corrected chi connectivity index (χ3v) is 5.06. The summed E-state index contributed by atoms with van der Waals surface area (Å²) in [4.78, 5) is 16.7. The van der Waals surface area contributed by atoms with Crippen LogP contribution in [0.15, 0.2) is 39.4 Å². The zero-order chi connectivity index (χ0) is 17.2. The number of hydrogen-bond acceptors (Lipinski definition) is 5. The summed E-state index contributed by atoms with van der Waals surface area (Å²) in [5.41, 5.74) is 5.42. The van der Waals surface area contributed by atoms with E-state index in [1.54, 1.807) is 11.3 Å². The SMILES string of the molecule is Cc1oc(-c2ccsc2)nc1CC(=O)NCc1ccc2c(c1)CNC2.Cl.Cl. The molecule has 1 aliphatic rings. The van der Waals surface area contributed by atoms with Gasteiger partial charge >= 0.3 is 0 Å². The second kappa shape index (κ2) is 9.37. The molecule has 3 heterocycles. The monoisotopic (exact) mass is 425 g/mol. The van der Waals surface area contributed by atoms with Crippen LogP contribution in [0.2, 0.25) is 0 Å². The molecule has 27 heavy (non-hydrogen) atoms. The van der Waals surface area contributed by atoms with Crippen molar-refractivity contribution in [2.45, 2.75) is 33.0 Å². The second-order valence-electron chi connectivity index (χ2n) is 6.19. The van der Waals surface area contributed by atoms with Crippen molar-refractivity contribution in [1.29, 1.82) is 0 Å². The molecule has 8 heteroatoms. The van der Waals surface area contributed by atoms with Gasteiger partial charge in [0.25, 0.3) is 0 Å². The molecule has 0 spiro atoms. The predicted molar refractivity (Wildman–Crippen MR) is 112 cm³/mol. The van der Waals surface area contributed by atoms with Crippen molar-refractivity contribution >= 4 is 42.1 Å². The number of aromatic nitrogens is 1. The molecule has 0 saturated carbocycles. The van der Waals surface area contributed by atoms with E-state index in [1.165, 1.54) is 11.1 Å². The molecule has 1 amide bonds. The Kier molecular flexibility index (Phi) is 7.44. The number of carbonyl (C=O) groups is 1. The number of nitrogens with one attached hydrogen (secondary N) is 2. The van der Waals surface area contributed by atoms with Gasteiger partial charge in [0.2, 0.25) is 11.8 Å². The Morgan fingerprint density at radius 3 is 2.85 bits per heavy atom. The normalized spacial score (nSPS) is 12.0. The van der Waals surface area contributed by atoms with Gasteiger partial charge < -0.3 is 15.1 Å². The molecule has 3 aromatic rings. The molecule has 4 rings (SSSR count). The molecule has 0 saturated heterocycles. The number of fused-ring (bicyclic) bond motifs is 1. The number of benzene rings is 1. The third-order valence-electron chi connectivity index (χ3n) is 4.38. The van der Waals surface area contributed by atoms with E-state index in [9.17, 15) is 4.79 Å². The molecule has 0 atom stereocenters. The van der Waals surface area contributed by atoms with Gasteiger partial charge in [0.05, 0.1) is 12.1 Å². The van der Waals surface area contributed by atoms with E-state index in [-0.39, 0.29) is 37.1 Å². The van der Waals surface area contributed by atoms with E-state index in [0.717, 1.165) is 24.2 Å². The van der Waals surface area contributed by atoms with E-state index in [0.29, 0.717) is 23.9 Å². The van der Waals surface area contributed by atoms with Crippen molar-refractivity contribution in [2.75, 3.05) is 0 Å². The number of thiophene rings is 1. The summed E-state index contributed by atoms with van der Waals surface area (Å²) in [6.45, 7) is 4.21. The Hall–Kier alpha value is -1.86. The maximum Gasteiger partial charge on any atom is 0.227 e. The first-order valence-electron chi connectivity index (χ1n) is 8.26. The van der Waals surface area contributed by atoms with Crippen LogP contribution in [0.25, 0.3) is 11.5 Å². The lowest BCUT2D eigenvalue weighted by Gasteiger charge is -2.06. The van der Waals surface area contributed by atoms with Crippen LogP contribution >= 0.6 is 36.2 Å². The molecular formula is C19H21Cl2N3O2S. The molecule has 0 bridgehead atoms. The van der Waals surface area contributed by atoms with Crippen LogP contribution in [-0.4, -0.2) is 10.9 Å². The van der Waals surface area contributed by atoms with Crippen molar-refractivity contribution in [3.05, 3.63) is 63.2 Å². The van der Waals surface area contributed by atoms with Crippen molar-refractivity contribution < 1.29 is 9.21 Å². The fourth-order valence-corrected chi connectivity index (χ4v) is 3.60. The molecule has 0 radical (unpaired) electrons. The van der Waals surface area contributed by atoms with Gasteiger partial charge in [0.15, 0.2) is 0 Å². The first kappa shape index (κ1) is 21.4. The standard InChI is InChI=1S/C19H19N3O2S.2ClH/c1-12-17(22-19(24-12)15-4-5-25-11-15)7-18(23)21-8-13-2-3-14-9-20-10-16(14)6-13;;/h2-6,11,20H,7-10H2,1H3,(H,21,23);2*1H. The van der Waals surface area contributed by atoms with Gasteiger partial charge in [-0.2, -0.15) is 11.3 Å². The third kappa shape index (κ3) is 4.90. The maximum atomic E-state index is 12.3. The topological polar surface area (TPSA) is 67.2 Å². The van der Waals surface area contributed by atoms with Crippen molar-refractivity contribution in [3.63, 3.8) is 0 Å². The number of oxazole rings is 1. The number of nitrogens with zero attached hydrogens (tertiary/aromatic N) is 1. The summed E-state index contributed by atoms with van der Waals surface area (Å²) in [7, 11) is 0. The second-order valence-corrected chi connectivity index (χ2v) is 6.97. The van der Waals surface area contributed by atoms with Gasteiger partial charge in [-0.05, 0) is 35.1 Å². The fraction of sp³-hybridized carbons (Fsp3) is 0.263. The largest absolute Gasteiger partial charge is 0.441 e. The Bertz CT molecular complexity index is 910. The lowest BCUT2D eigenvalue weighted by Crippen LogP contribution is -2.25. The summed E-state index contributed by atoms with van der Waals surface area (Å²) in [6, 6.07) is 8.32. The van der Waals surface area contributed by atoms with E-state index >= 15 is 0 Å². The zero-order valence-corrected chi connectivity index (χ0v) is 17.2. The molecule has 2 aromatic heterocycles. The molecular weight excluding hydrogens is 405 g/mol. The van der Waals surface area contributed by atoms with Gasteiger partial charge in [-0.1, -0.05) is 18.2 Å². The van der Waals surface area contributed by atoms with Crippen molar-refractivity contribution in [3.8, 4) is 11.5 Å². The highest BCUT2D eigenvalue weighted by molar-refractivity contribution is 7.08. The smallest absolute Gasteiger partial charge is 0.227 e. The van der Waals surface area contributed by atoms with Crippen LogP contribution in [0.4, 0.5) is 0 Å². The summed E-state index contributed by atoms with van der Waals surface area (Å²) >= 11 is 1.59. The van der Waals surface area contributed by atoms with Crippen LogP contribution in [0.5, 0.6) is 0 Å². The maximum absolute atomic E-state index is 12.3. The number of amides is 1. The Labute approximate surface area is 174 Å². The lowest BCUT2D eigenvalue weighted by atomic mass is 10.1. The van der Waals surface area contributed by atoms with Crippen LogP contribution in [0, 0.1) is 6.92 Å². The van der Waals surface area contributed by atoms with Gasteiger partial charge in [-0.3, -0.25) is 4.79 Å². The highest BCUT2D eigenvalue weighted by Crippen LogP contribution is 2.24. The average molecular weight is 426 g/mol. The molecule has 2 N–H and O–H groups in total. The molecule has 5 nitrogen and oxygen atoms in total. The summed E-state index contributed by atoms with van der Waals surface area (Å²) in [5.74, 6) is 1.22. The van der Waals surface area contributed by atoms with Crippen LogP contribution < -0.4 is 10.6 Å². The van der Waals surface area contributed by atoms with E-state index in [4.69, 9.17) is 4.42 Å². The van der Waals surface area contributed by atoms with Crippen LogP contribution in [-0.2, 0) is 30.8 Å². The van der Waals surface area contributed by atoms with Gasteiger partial charge in [0, 0.05) is 30.6 Å². The van der Waals surface area contributed by atoms with Crippen LogP contribution in [0.1, 0.15) is 28.1 Å². The number of hydrogen-bond donors (Lipinski definition) is 2. The van der Waals surface area contributed by atoms with Gasteiger partial charge in [0.1, 0.15) is 5.76 Å². The zero-order valence-electron chi connectivity index (χ0n) is 14.8. The van der Waals surface area contributed by atoms with E-state index in [1.807, 2.05) is 23.8 Å². The predicted octanol–water partition coefficient (Wildman–Crippen LogP) is 4.02. The summed E-state index contributed by atoms with van der Waals surface area (Å²) in [5, 5.41) is 10.3.